The Morgan fingerprint density at radius 3 is 2.43 bits per heavy atom. The molecule has 0 aliphatic carbocycles. The zero-order valence-corrected chi connectivity index (χ0v) is 13.4. The highest BCUT2D eigenvalue weighted by Crippen LogP contribution is 2.37. The number of rotatable bonds is 3. The van der Waals surface area contributed by atoms with Gasteiger partial charge in [-0.2, -0.15) is 0 Å². The second-order valence-corrected chi connectivity index (χ2v) is 6.42. The lowest BCUT2D eigenvalue weighted by molar-refractivity contribution is 0.171. The van der Waals surface area contributed by atoms with Gasteiger partial charge in [0.2, 0.25) is 0 Å². The summed E-state index contributed by atoms with van der Waals surface area (Å²) in [4.78, 5) is 1.04. The summed E-state index contributed by atoms with van der Waals surface area (Å²) in [6, 6.07) is 9.34. The fraction of sp³-hybridized carbons (Fsp3) is 0.200. The Hall–Kier alpha value is -1.23. The van der Waals surface area contributed by atoms with Gasteiger partial charge >= 0.3 is 0 Å². The molecule has 21 heavy (non-hydrogen) atoms. The molecule has 0 amide bonds. The van der Waals surface area contributed by atoms with Crippen molar-refractivity contribution in [2.24, 2.45) is 0 Å². The average molecular weight is 342 g/mol. The van der Waals surface area contributed by atoms with Crippen molar-refractivity contribution < 1.29 is 9.47 Å². The van der Waals surface area contributed by atoms with E-state index in [2.05, 4.69) is 0 Å². The van der Waals surface area contributed by atoms with Gasteiger partial charge in [0, 0.05) is 22.4 Å². The van der Waals surface area contributed by atoms with Gasteiger partial charge in [0.25, 0.3) is 0 Å². The number of fused-ring (bicyclic) bond motifs is 1. The normalized spacial score (nSPS) is 13.2. The van der Waals surface area contributed by atoms with Crippen molar-refractivity contribution >= 4 is 40.7 Å². The number of nitrogen functional groups attached to an aromatic ring is 1. The predicted octanol–water partition coefficient (Wildman–Crippen LogP) is 4.64. The van der Waals surface area contributed by atoms with Crippen LogP contribution >= 0.6 is 35.0 Å². The van der Waals surface area contributed by atoms with E-state index in [9.17, 15) is 0 Å². The van der Waals surface area contributed by atoms with Crippen molar-refractivity contribution in [2.75, 3.05) is 18.9 Å². The highest BCUT2D eigenvalue weighted by molar-refractivity contribution is 7.98. The molecule has 1 aliphatic heterocycles. The Labute approximate surface area is 137 Å². The van der Waals surface area contributed by atoms with Crippen molar-refractivity contribution in [3.63, 3.8) is 0 Å². The van der Waals surface area contributed by atoms with Gasteiger partial charge in [-0.05, 0) is 29.8 Å². The molecule has 0 unspecified atom stereocenters. The van der Waals surface area contributed by atoms with E-state index in [1.165, 1.54) is 0 Å². The third-order valence-corrected chi connectivity index (χ3v) is 4.87. The average Bonchev–Trinajstić information content (AvgIpc) is 2.48. The number of nitrogens with two attached hydrogens (primary N) is 1. The first-order valence-electron chi connectivity index (χ1n) is 6.39. The third-order valence-electron chi connectivity index (χ3n) is 3.09. The molecule has 0 radical (unpaired) electrons. The number of benzene rings is 2. The lowest BCUT2D eigenvalue weighted by Crippen LogP contribution is -2.15. The first-order valence-corrected chi connectivity index (χ1v) is 8.13. The molecule has 0 spiro atoms. The van der Waals surface area contributed by atoms with Gasteiger partial charge in [-0.3, -0.25) is 0 Å². The molecule has 2 N–H and O–H groups in total. The van der Waals surface area contributed by atoms with Crippen LogP contribution in [0.25, 0.3) is 0 Å². The fourth-order valence-electron chi connectivity index (χ4n) is 2.00. The predicted molar refractivity (Wildman–Crippen MR) is 87.9 cm³/mol. The summed E-state index contributed by atoms with van der Waals surface area (Å²) >= 11 is 13.6. The number of hydrogen-bond acceptors (Lipinski definition) is 4. The Balaban J connectivity index is 1.77. The molecule has 1 heterocycles. The minimum atomic E-state index is 0.553. The lowest BCUT2D eigenvalue weighted by Gasteiger charge is -2.20. The molecule has 0 saturated carbocycles. The highest BCUT2D eigenvalue weighted by atomic mass is 35.5. The summed E-state index contributed by atoms with van der Waals surface area (Å²) in [5, 5.41) is 1.11. The summed E-state index contributed by atoms with van der Waals surface area (Å²) in [5.74, 6) is 2.18. The van der Waals surface area contributed by atoms with Crippen molar-refractivity contribution in [1.29, 1.82) is 0 Å². The number of hydrogen-bond donors (Lipinski definition) is 1. The second kappa shape index (κ2) is 6.26. The van der Waals surface area contributed by atoms with E-state index in [4.69, 9.17) is 38.4 Å². The van der Waals surface area contributed by atoms with Gasteiger partial charge in [0.1, 0.15) is 13.2 Å². The first kappa shape index (κ1) is 14.7. The Morgan fingerprint density at radius 1 is 1.00 bits per heavy atom. The minimum Gasteiger partial charge on any atom is -0.486 e. The van der Waals surface area contributed by atoms with Crippen LogP contribution in [0.15, 0.2) is 35.2 Å². The number of halogens is 2. The van der Waals surface area contributed by atoms with Crippen LogP contribution in [0.4, 0.5) is 5.69 Å². The maximum Gasteiger partial charge on any atom is 0.163 e. The molecule has 0 atom stereocenters. The first-order chi connectivity index (χ1) is 10.1. The molecule has 2 aromatic carbocycles. The van der Waals surface area contributed by atoms with E-state index in [-0.39, 0.29) is 0 Å². The molecular weight excluding hydrogens is 329 g/mol. The van der Waals surface area contributed by atoms with Gasteiger partial charge in [0.15, 0.2) is 11.5 Å². The molecule has 6 heteroatoms. The third kappa shape index (κ3) is 3.34. The SMILES string of the molecule is Nc1cc2c(cc1CSc1ccc(Cl)c(Cl)c1)OCCO2. The zero-order valence-electron chi connectivity index (χ0n) is 11.1. The Kier molecular flexibility index (Phi) is 4.38. The van der Waals surface area contributed by atoms with Crippen LogP contribution in [0.1, 0.15) is 5.56 Å². The van der Waals surface area contributed by atoms with Crippen LogP contribution in [0.2, 0.25) is 10.0 Å². The lowest BCUT2D eigenvalue weighted by atomic mass is 10.2. The van der Waals surface area contributed by atoms with Crippen molar-refractivity contribution in [2.45, 2.75) is 10.6 Å². The van der Waals surface area contributed by atoms with Crippen LogP contribution in [0.5, 0.6) is 11.5 Å². The number of thioether (sulfide) groups is 1. The van der Waals surface area contributed by atoms with Crippen molar-refractivity contribution in [3.05, 3.63) is 45.9 Å². The molecule has 2 aromatic rings. The minimum absolute atomic E-state index is 0.553. The van der Waals surface area contributed by atoms with Gasteiger partial charge in [0.05, 0.1) is 10.0 Å². The standard InChI is InChI=1S/C15H13Cl2NO2S/c16-11-2-1-10(6-12(11)17)21-8-9-5-14-15(7-13(9)18)20-4-3-19-14/h1-2,5-7H,3-4,8,18H2. The summed E-state index contributed by atoms with van der Waals surface area (Å²) in [5.41, 5.74) is 7.78. The van der Waals surface area contributed by atoms with Gasteiger partial charge in [-0.1, -0.05) is 23.2 Å². The van der Waals surface area contributed by atoms with Crippen molar-refractivity contribution in [1.82, 2.24) is 0 Å². The van der Waals surface area contributed by atoms with E-state index in [1.54, 1.807) is 17.8 Å². The molecular formula is C15H13Cl2NO2S. The zero-order chi connectivity index (χ0) is 14.8. The molecule has 0 bridgehead atoms. The van der Waals surface area contributed by atoms with E-state index in [0.717, 1.165) is 22.0 Å². The largest absolute Gasteiger partial charge is 0.486 e. The van der Waals surface area contributed by atoms with Gasteiger partial charge in [-0.15, -0.1) is 11.8 Å². The van der Waals surface area contributed by atoms with Crippen LogP contribution in [0.3, 0.4) is 0 Å². The Bertz CT molecular complexity index is 679. The second-order valence-electron chi connectivity index (χ2n) is 4.56. The van der Waals surface area contributed by atoms with E-state index in [1.807, 2.05) is 24.3 Å². The van der Waals surface area contributed by atoms with E-state index < -0.39 is 0 Å². The quantitative estimate of drug-likeness (QED) is 0.652. The molecule has 3 rings (SSSR count). The highest BCUT2D eigenvalue weighted by Gasteiger charge is 2.14. The molecule has 0 saturated heterocycles. The van der Waals surface area contributed by atoms with Gasteiger partial charge < -0.3 is 15.2 Å². The van der Waals surface area contributed by atoms with Crippen LogP contribution in [-0.2, 0) is 5.75 Å². The van der Waals surface area contributed by atoms with Crippen LogP contribution < -0.4 is 15.2 Å². The summed E-state index contributed by atoms with van der Waals surface area (Å²) in [7, 11) is 0. The summed E-state index contributed by atoms with van der Waals surface area (Å²) in [6.07, 6.45) is 0. The van der Waals surface area contributed by atoms with Crippen LogP contribution in [-0.4, -0.2) is 13.2 Å². The molecule has 1 aliphatic rings. The maximum absolute atomic E-state index is 6.07. The van der Waals surface area contributed by atoms with E-state index >= 15 is 0 Å². The number of anilines is 1. The topological polar surface area (TPSA) is 44.5 Å². The van der Waals surface area contributed by atoms with Crippen molar-refractivity contribution in [3.8, 4) is 11.5 Å². The maximum atomic E-state index is 6.07. The summed E-state index contributed by atoms with van der Waals surface area (Å²) < 4.78 is 11.1. The molecule has 0 fully saturated rings. The van der Waals surface area contributed by atoms with Crippen LogP contribution in [0, 0.1) is 0 Å². The monoisotopic (exact) mass is 341 g/mol. The molecule has 3 nitrogen and oxygen atoms in total. The molecule has 110 valence electrons. The van der Waals surface area contributed by atoms with Gasteiger partial charge in [-0.25, -0.2) is 0 Å². The summed E-state index contributed by atoms with van der Waals surface area (Å²) in [6.45, 7) is 1.13. The smallest absolute Gasteiger partial charge is 0.163 e. The van der Waals surface area contributed by atoms with E-state index in [0.29, 0.717) is 34.7 Å². The Morgan fingerprint density at radius 2 is 1.71 bits per heavy atom. The molecule has 0 aromatic heterocycles. The number of ether oxygens (including phenoxy) is 2. The fourth-order valence-corrected chi connectivity index (χ4v) is 3.30.